The lowest BCUT2D eigenvalue weighted by Gasteiger charge is -2.02. The van der Waals surface area contributed by atoms with Crippen LogP contribution >= 0.6 is 12.4 Å². The largest absolute Gasteiger partial charge is 0.364 e. The molecule has 0 spiro atoms. The number of anilines is 1. The first-order chi connectivity index (χ1) is 8.52. The predicted octanol–water partition coefficient (Wildman–Crippen LogP) is 2.43. The molecule has 1 N–H and O–H groups in total. The Balaban J connectivity index is 0.00000180. The number of aryl methyl sites for hydroxylation is 4. The van der Waals surface area contributed by atoms with Gasteiger partial charge in [0.25, 0.3) is 0 Å². The molecule has 0 unspecified atom stereocenters. The molecule has 0 saturated carbocycles. The monoisotopic (exact) mass is 287 g/mol. The lowest BCUT2D eigenvalue weighted by atomic mass is 10.2. The lowest BCUT2D eigenvalue weighted by molar-refractivity contribution is 0.464. The molecule has 19 heavy (non-hydrogen) atoms. The molecule has 0 amide bonds. The summed E-state index contributed by atoms with van der Waals surface area (Å²) in [5.41, 5.74) is 2.37. The van der Waals surface area contributed by atoms with Crippen LogP contribution < -0.4 is 5.32 Å². The van der Waals surface area contributed by atoms with E-state index in [1.54, 1.807) is 4.68 Å². The first-order valence-electron chi connectivity index (χ1n) is 5.99. The molecule has 2 aromatic rings. The Morgan fingerprint density at radius 1 is 1.32 bits per heavy atom. The summed E-state index contributed by atoms with van der Waals surface area (Å²) in [6.45, 7) is 6.59. The number of rotatable bonds is 4. The van der Waals surface area contributed by atoms with Crippen LogP contribution in [0.1, 0.15) is 23.9 Å². The van der Waals surface area contributed by atoms with Crippen LogP contribution in [0.25, 0.3) is 0 Å². The molecule has 0 saturated heterocycles. The van der Waals surface area contributed by atoms with Crippen molar-refractivity contribution in [3.05, 3.63) is 29.0 Å². The molecule has 106 valence electrons. The number of aromatic nitrogens is 4. The maximum atomic E-state index is 13.9. The Kier molecular flexibility index (Phi) is 4.94. The van der Waals surface area contributed by atoms with Crippen molar-refractivity contribution in [3.8, 4) is 0 Å². The van der Waals surface area contributed by atoms with Crippen LogP contribution in [0.2, 0.25) is 0 Å². The number of nitrogens with one attached hydrogen (secondary N) is 1. The molecule has 2 aromatic heterocycles. The second-order valence-electron chi connectivity index (χ2n) is 4.32. The summed E-state index contributed by atoms with van der Waals surface area (Å²) in [5, 5.41) is 11.5. The van der Waals surface area contributed by atoms with Crippen LogP contribution in [0.4, 0.5) is 10.2 Å². The summed E-state index contributed by atoms with van der Waals surface area (Å²) in [7, 11) is 1.88. The minimum atomic E-state index is -0.268. The zero-order valence-electron chi connectivity index (χ0n) is 11.6. The summed E-state index contributed by atoms with van der Waals surface area (Å²) in [4.78, 5) is 0. The third kappa shape index (κ3) is 3.07. The van der Waals surface area contributed by atoms with E-state index in [2.05, 4.69) is 15.5 Å². The van der Waals surface area contributed by atoms with Gasteiger partial charge in [0.1, 0.15) is 5.82 Å². The maximum Gasteiger partial charge on any atom is 0.216 e. The molecule has 0 atom stereocenters. The minimum absolute atomic E-state index is 0. The van der Waals surface area contributed by atoms with Gasteiger partial charge in [-0.15, -0.1) is 12.4 Å². The average Bonchev–Trinajstić information content (AvgIpc) is 2.78. The fraction of sp³-hybridized carbons (Fsp3) is 0.500. The number of hydrogen-bond donors (Lipinski definition) is 1. The van der Waals surface area contributed by atoms with Crippen molar-refractivity contribution < 1.29 is 4.39 Å². The van der Waals surface area contributed by atoms with Crippen molar-refractivity contribution in [2.75, 3.05) is 5.32 Å². The van der Waals surface area contributed by atoms with Gasteiger partial charge >= 0.3 is 0 Å². The Hall–Kier alpha value is -1.56. The van der Waals surface area contributed by atoms with Gasteiger partial charge in [0.15, 0.2) is 0 Å². The number of hydrogen-bond acceptors (Lipinski definition) is 3. The highest BCUT2D eigenvalue weighted by molar-refractivity contribution is 5.85. The molecular formula is C12H19ClFN5. The SMILES string of the molecule is CCn1nc(C)c(CNc2cc(C)n(C)n2)c1F.Cl. The second kappa shape index (κ2) is 6.06. The Morgan fingerprint density at radius 3 is 2.47 bits per heavy atom. The van der Waals surface area contributed by atoms with Gasteiger partial charge in [-0.3, -0.25) is 4.68 Å². The fourth-order valence-corrected chi connectivity index (χ4v) is 1.83. The molecule has 0 aliphatic heterocycles. The van der Waals surface area contributed by atoms with E-state index in [9.17, 15) is 4.39 Å². The molecule has 0 aromatic carbocycles. The van der Waals surface area contributed by atoms with Gasteiger partial charge in [-0.1, -0.05) is 0 Å². The van der Waals surface area contributed by atoms with E-state index in [0.29, 0.717) is 18.7 Å². The summed E-state index contributed by atoms with van der Waals surface area (Å²) < 4.78 is 17.1. The van der Waals surface area contributed by atoms with Gasteiger partial charge in [-0.2, -0.15) is 14.6 Å². The lowest BCUT2D eigenvalue weighted by Crippen LogP contribution is -2.05. The van der Waals surface area contributed by atoms with E-state index in [0.717, 1.165) is 17.2 Å². The third-order valence-corrected chi connectivity index (χ3v) is 3.04. The van der Waals surface area contributed by atoms with Gasteiger partial charge in [0, 0.05) is 37.5 Å². The van der Waals surface area contributed by atoms with Crippen molar-refractivity contribution in [1.82, 2.24) is 19.6 Å². The van der Waals surface area contributed by atoms with E-state index in [-0.39, 0.29) is 18.4 Å². The van der Waals surface area contributed by atoms with Crippen LogP contribution in [0.15, 0.2) is 6.07 Å². The van der Waals surface area contributed by atoms with Crippen molar-refractivity contribution in [1.29, 1.82) is 0 Å². The Bertz CT molecular complexity index is 541. The summed E-state index contributed by atoms with van der Waals surface area (Å²) in [6, 6.07) is 1.93. The van der Waals surface area contributed by atoms with Crippen LogP contribution in [-0.4, -0.2) is 19.6 Å². The zero-order chi connectivity index (χ0) is 13.3. The molecule has 7 heteroatoms. The normalized spacial score (nSPS) is 10.4. The van der Waals surface area contributed by atoms with E-state index >= 15 is 0 Å². The molecule has 0 bridgehead atoms. The standard InChI is InChI=1S/C12H18FN5.ClH/c1-5-18-12(13)10(9(3)15-18)7-14-11-6-8(2)17(4)16-11;/h6H,5,7H2,1-4H3,(H,14,16);1H. The third-order valence-electron chi connectivity index (χ3n) is 3.04. The first-order valence-corrected chi connectivity index (χ1v) is 5.99. The number of nitrogens with zero attached hydrogens (tertiary/aromatic N) is 4. The van der Waals surface area contributed by atoms with Crippen molar-refractivity contribution in [2.45, 2.75) is 33.9 Å². The Labute approximate surface area is 118 Å². The summed E-state index contributed by atoms with van der Waals surface area (Å²) >= 11 is 0. The summed E-state index contributed by atoms with van der Waals surface area (Å²) in [6.07, 6.45) is 0. The van der Waals surface area contributed by atoms with Crippen LogP contribution in [-0.2, 0) is 20.1 Å². The molecule has 2 heterocycles. The van der Waals surface area contributed by atoms with Gasteiger partial charge in [-0.05, 0) is 20.8 Å². The predicted molar refractivity (Wildman–Crippen MR) is 75.1 cm³/mol. The molecule has 5 nitrogen and oxygen atoms in total. The maximum absolute atomic E-state index is 13.9. The highest BCUT2D eigenvalue weighted by atomic mass is 35.5. The molecule has 0 aliphatic rings. The molecule has 2 rings (SSSR count). The van der Waals surface area contributed by atoms with E-state index in [1.165, 1.54) is 4.68 Å². The molecule has 0 aliphatic carbocycles. The second-order valence-corrected chi connectivity index (χ2v) is 4.32. The highest BCUT2D eigenvalue weighted by Crippen LogP contribution is 2.15. The minimum Gasteiger partial charge on any atom is -0.364 e. The van der Waals surface area contributed by atoms with Crippen LogP contribution in [0.3, 0.4) is 0 Å². The van der Waals surface area contributed by atoms with E-state index in [1.807, 2.05) is 33.9 Å². The van der Waals surface area contributed by atoms with Crippen LogP contribution in [0, 0.1) is 19.8 Å². The molecule has 0 radical (unpaired) electrons. The molecule has 0 fully saturated rings. The van der Waals surface area contributed by atoms with Gasteiger partial charge in [-0.25, -0.2) is 4.68 Å². The average molecular weight is 288 g/mol. The molecular weight excluding hydrogens is 269 g/mol. The Morgan fingerprint density at radius 2 is 2.00 bits per heavy atom. The topological polar surface area (TPSA) is 47.7 Å². The quantitative estimate of drug-likeness (QED) is 0.939. The van der Waals surface area contributed by atoms with Crippen molar-refractivity contribution in [3.63, 3.8) is 0 Å². The highest BCUT2D eigenvalue weighted by Gasteiger charge is 2.14. The van der Waals surface area contributed by atoms with Gasteiger partial charge < -0.3 is 5.32 Å². The first kappa shape index (κ1) is 15.5. The zero-order valence-corrected chi connectivity index (χ0v) is 12.4. The van der Waals surface area contributed by atoms with Gasteiger partial charge in [0.05, 0.1) is 5.69 Å². The van der Waals surface area contributed by atoms with Crippen molar-refractivity contribution >= 4 is 18.2 Å². The smallest absolute Gasteiger partial charge is 0.216 e. The fourth-order valence-electron chi connectivity index (χ4n) is 1.83. The summed E-state index contributed by atoms with van der Waals surface area (Å²) in [5.74, 6) is 0.480. The number of halogens is 2. The van der Waals surface area contributed by atoms with Crippen molar-refractivity contribution in [2.24, 2.45) is 7.05 Å². The van der Waals surface area contributed by atoms with E-state index in [4.69, 9.17) is 0 Å². The van der Waals surface area contributed by atoms with Crippen LogP contribution in [0.5, 0.6) is 0 Å². The van der Waals surface area contributed by atoms with E-state index < -0.39 is 0 Å². The van der Waals surface area contributed by atoms with Gasteiger partial charge in [0.2, 0.25) is 5.95 Å².